The molecule has 2 aromatic heterocycles. The third kappa shape index (κ3) is 2.01. The number of carbonyl (C=O) groups is 1. The number of fused-ring (bicyclic) bond motifs is 1. The van der Waals surface area contributed by atoms with E-state index >= 15 is 0 Å². The molecule has 1 aliphatic carbocycles. The Bertz CT molecular complexity index is 672. The molecule has 1 fully saturated rings. The summed E-state index contributed by atoms with van der Waals surface area (Å²) >= 11 is 0. The Morgan fingerprint density at radius 1 is 1.45 bits per heavy atom. The van der Waals surface area contributed by atoms with Crippen LogP contribution in [0.1, 0.15) is 41.7 Å². The van der Waals surface area contributed by atoms with Crippen LogP contribution >= 0.6 is 0 Å². The van der Waals surface area contributed by atoms with Gasteiger partial charge in [-0.25, -0.2) is 9.78 Å². The van der Waals surface area contributed by atoms with Gasteiger partial charge in [0.05, 0.1) is 17.2 Å². The fraction of sp³-hybridized carbons (Fsp3) is 0.500. The van der Waals surface area contributed by atoms with Crippen LogP contribution in [0.3, 0.4) is 0 Å². The predicted octanol–water partition coefficient (Wildman–Crippen LogP) is 2.30. The molecule has 1 saturated carbocycles. The molecule has 0 aliphatic heterocycles. The second-order valence-corrected chi connectivity index (χ2v) is 5.24. The first-order chi connectivity index (χ1) is 9.58. The number of ether oxygens (including phenoxy) is 1. The Morgan fingerprint density at radius 2 is 2.15 bits per heavy atom. The first-order valence-corrected chi connectivity index (χ1v) is 6.80. The molecular weight excluding hydrogens is 258 g/mol. The third-order valence-corrected chi connectivity index (χ3v) is 3.80. The SMILES string of the molecule is Cc1nn(C)c2ncc(C(=O)O)c(OC3CCCC3)c12. The minimum absolute atomic E-state index is 0.0957. The van der Waals surface area contributed by atoms with Gasteiger partial charge in [-0.2, -0.15) is 5.10 Å². The molecule has 2 heterocycles. The highest BCUT2D eigenvalue weighted by atomic mass is 16.5. The van der Waals surface area contributed by atoms with Crippen LogP contribution in [-0.2, 0) is 7.05 Å². The topological polar surface area (TPSA) is 77.2 Å². The molecular formula is C14H17N3O3. The van der Waals surface area contributed by atoms with Crippen LogP contribution in [0.2, 0.25) is 0 Å². The normalized spacial score (nSPS) is 15.9. The number of pyridine rings is 1. The fourth-order valence-corrected chi connectivity index (χ4v) is 2.83. The van der Waals surface area contributed by atoms with Crippen LogP contribution < -0.4 is 4.74 Å². The summed E-state index contributed by atoms with van der Waals surface area (Å²) < 4.78 is 7.65. The summed E-state index contributed by atoms with van der Waals surface area (Å²) in [6.07, 6.45) is 5.67. The number of aryl methyl sites for hydroxylation is 2. The molecule has 0 spiro atoms. The van der Waals surface area contributed by atoms with E-state index in [4.69, 9.17) is 4.74 Å². The van der Waals surface area contributed by atoms with E-state index in [1.807, 2.05) is 6.92 Å². The van der Waals surface area contributed by atoms with Gasteiger partial charge < -0.3 is 9.84 Å². The standard InChI is InChI=1S/C14H17N3O3/c1-8-11-12(20-9-5-3-4-6-9)10(14(18)19)7-15-13(11)17(2)16-8/h7,9H,3-6H2,1-2H3,(H,18,19). The maximum absolute atomic E-state index is 11.4. The summed E-state index contributed by atoms with van der Waals surface area (Å²) in [6.45, 7) is 1.84. The first-order valence-electron chi connectivity index (χ1n) is 6.80. The minimum atomic E-state index is -1.02. The molecule has 0 radical (unpaired) electrons. The third-order valence-electron chi connectivity index (χ3n) is 3.80. The van der Waals surface area contributed by atoms with Crippen molar-refractivity contribution in [3.63, 3.8) is 0 Å². The van der Waals surface area contributed by atoms with Crippen molar-refractivity contribution in [2.24, 2.45) is 7.05 Å². The highest BCUT2D eigenvalue weighted by Gasteiger charge is 2.25. The maximum Gasteiger partial charge on any atom is 0.341 e. The van der Waals surface area contributed by atoms with Crippen LogP contribution in [0.4, 0.5) is 0 Å². The lowest BCUT2D eigenvalue weighted by atomic mass is 10.1. The average Bonchev–Trinajstić information content (AvgIpc) is 2.99. The fourth-order valence-electron chi connectivity index (χ4n) is 2.83. The molecule has 0 amide bonds. The lowest BCUT2D eigenvalue weighted by Gasteiger charge is -2.16. The van der Waals surface area contributed by atoms with Crippen molar-refractivity contribution in [3.8, 4) is 5.75 Å². The molecule has 0 bridgehead atoms. The number of rotatable bonds is 3. The second kappa shape index (κ2) is 4.77. The number of aromatic carboxylic acids is 1. The van der Waals surface area contributed by atoms with Crippen molar-refractivity contribution < 1.29 is 14.6 Å². The molecule has 0 aromatic carbocycles. The quantitative estimate of drug-likeness (QED) is 0.930. The number of carboxylic acids is 1. The Labute approximate surface area is 116 Å². The Balaban J connectivity index is 2.17. The molecule has 20 heavy (non-hydrogen) atoms. The molecule has 0 saturated heterocycles. The number of hydrogen-bond acceptors (Lipinski definition) is 4. The lowest BCUT2D eigenvalue weighted by molar-refractivity contribution is 0.0689. The molecule has 106 valence electrons. The smallest absolute Gasteiger partial charge is 0.341 e. The van der Waals surface area contributed by atoms with Gasteiger partial charge in [-0.05, 0) is 32.6 Å². The Kier molecular flexibility index (Phi) is 3.08. The summed E-state index contributed by atoms with van der Waals surface area (Å²) in [6, 6.07) is 0. The van der Waals surface area contributed by atoms with Gasteiger partial charge >= 0.3 is 5.97 Å². The highest BCUT2D eigenvalue weighted by Crippen LogP contribution is 2.34. The van der Waals surface area contributed by atoms with E-state index in [-0.39, 0.29) is 11.7 Å². The van der Waals surface area contributed by atoms with Crippen LogP contribution in [-0.4, -0.2) is 31.9 Å². The molecule has 0 atom stereocenters. The van der Waals surface area contributed by atoms with Crippen LogP contribution in [0.15, 0.2) is 6.20 Å². The summed E-state index contributed by atoms with van der Waals surface area (Å²) in [7, 11) is 1.79. The lowest BCUT2D eigenvalue weighted by Crippen LogP contribution is -2.14. The predicted molar refractivity (Wildman–Crippen MR) is 73.1 cm³/mol. The van der Waals surface area contributed by atoms with E-state index in [1.54, 1.807) is 11.7 Å². The van der Waals surface area contributed by atoms with E-state index in [0.29, 0.717) is 16.8 Å². The van der Waals surface area contributed by atoms with E-state index in [9.17, 15) is 9.90 Å². The summed E-state index contributed by atoms with van der Waals surface area (Å²) in [4.78, 5) is 15.6. The van der Waals surface area contributed by atoms with E-state index in [1.165, 1.54) is 6.20 Å². The van der Waals surface area contributed by atoms with E-state index in [0.717, 1.165) is 31.4 Å². The van der Waals surface area contributed by atoms with Crippen molar-refractivity contribution >= 4 is 17.0 Å². The molecule has 2 aromatic rings. The molecule has 1 aliphatic rings. The second-order valence-electron chi connectivity index (χ2n) is 5.24. The summed E-state index contributed by atoms with van der Waals surface area (Å²) in [5.74, 6) is -0.601. The zero-order valence-electron chi connectivity index (χ0n) is 11.6. The van der Waals surface area contributed by atoms with Crippen LogP contribution in [0.5, 0.6) is 5.75 Å². The number of hydrogen-bond donors (Lipinski definition) is 1. The van der Waals surface area contributed by atoms with Gasteiger partial charge in [0.1, 0.15) is 11.3 Å². The molecule has 6 nitrogen and oxygen atoms in total. The molecule has 3 rings (SSSR count). The van der Waals surface area contributed by atoms with E-state index in [2.05, 4.69) is 10.1 Å². The summed E-state index contributed by atoms with van der Waals surface area (Å²) in [5.41, 5.74) is 1.51. The van der Waals surface area contributed by atoms with Crippen molar-refractivity contribution in [2.45, 2.75) is 38.7 Å². The van der Waals surface area contributed by atoms with Gasteiger partial charge in [0.2, 0.25) is 0 Å². The van der Waals surface area contributed by atoms with Crippen molar-refractivity contribution in [1.29, 1.82) is 0 Å². The zero-order valence-corrected chi connectivity index (χ0v) is 11.6. The number of nitrogens with zero attached hydrogens (tertiary/aromatic N) is 3. The monoisotopic (exact) mass is 275 g/mol. The van der Waals surface area contributed by atoms with Gasteiger partial charge in [0.15, 0.2) is 5.65 Å². The average molecular weight is 275 g/mol. The van der Waals surface area contributed by atoms with Gasteiger partial charge in [-0.1, -0.05) is 0 Å². The van der Waals surface area contributed by atoms with Crippen molar-refractivity contribution in [1.82, 2.24) is 14.8 Å². The molecule has 6 heteroatoms. The van der Waals surface area contributed by atoms with Crippen LogP contribution in [0.25, 0.3) is 11.0 Å². The summed E-state index contributed by atoms with van der Waals surface area (Å²) in [5, 5.41) is 14.4. The van der Waals surface area contributed by atoms with Crippen molar-refractivity contribution in [2.75, 3.05) is 0 Å². The van der Waals surface area contributed by atoms with Gasteiger partial charge in [0.25, 0.3) is 0 Å². The zero-order chi connectivity index (χ0) is 14.3. The van der Waals surface area contributed by atoms with E-state index < -0.39 is 5.97 Å². The number of aromatic nitrogens is 3. The Hall–Kier alpha value is -2.11. The highest BCUT2D eigenvalue weighted by molar-refractivity contribution is 5.98. The first kappa shape index (κ1) is 12.9. The largest absolute Gasteiger partial charge is 0.489 e. The van der Waals surface area contributed by atoms with Crippen molar-refractivity contribution in [3.05, 3.63) is 17.5 Å². The maximum atomic E-state index is 11.4. The van der Waals surface area contributed by atoms with Gasteiger partial charge in [-0.15, -0.1) is 0 Å². The van der Waals surface area contributed by atoms with Gasteiger partial charge in [0, 0.05) is 13.2 Å². The van der Waals surface area contributed by atoms with Gasteiger partial charge in [-0.3, -0.25) is 4.68 Å². The van der Waals surface area contributed by atoms with Crippen LogP contribution in [0, 0.1) is 6.92 Å². The molecule has 1 N–H and O–H groups in total. The number of carboxylic acid groups (broad SMARTS) is 1. The Morgan fingerprint density at radius 3 is 2.80 bits per heavy atom. The molecule has 0 unspecified atom stereocenters. The minimum Gasteiger partial charge on any atom is -0.489 e.